The molecule has 0 unspecified atom stereocenters. The van der Waals surface area contributed by atoms with E-state index in [1.54, 1.807) is 0 Å². The summed E-state index contributed by atoms with van der Waals surface area (Å²) in [4.78, 5) is 12.2. The molecule has 0 aliphatic heterocycles. The van der Waals surface area contributed by atoms with E-state index in [-0.39, 0.29) is 0 Å². The van der Waals surface area contributed by atoms with Crippen LogP contribution in [0, 0.1) is 22.7 Å². The van der Waals surface area contributed by atoms with Crippen LogP contribution < -0.4 is 0 Å². The smallest absolute Gasteiger partial charge is 0.133 e. The fourth-order valence-electron chi connectivity index (χ4n) is 4.55. The highest BCUT2D eigenvalue weighted by atomic mass is 16.1. The molecule has 0 saturated heterocycles. The maximum atomic E-state index is 12.2. The molecule has 0 aromatic rings. The molecule has 0 bridgehead atoms. The summed E-state index contributed by atoms with van der Waals surface area (Å²) in [7, 11) is 0. The zero-order valence-corrected chi connectivity index (χ0v) is 12.7. The predicted molar refractivity (Wildman–Crippen MR) is 76.5 cm³/mol. The first-order valence-electron chi connectivity index (χ1n) is 7.90. The van der Waals surface area contributed by atoms with E-state index in [0.717, 1.165) is 24.7 Å². The minimum absolute atomic E-state index is 0.349. The second-order valence-corrected chi connectivity index (χ2v) is 7.88. The van der Waals surface area contributed by atoms with Crippen molar-refractivity contribution in [2.45, 2.75) is 79.1 Å². The molecular weight excluding hydrogens is 220 g/mol. The molecule has 0 amide bonds. The number of ketones is 1. The van der Waals surface area contributed by atoms with Crippen molar-refractivity contribution in [3.8, 4) is 0 Å². The molecule has 2 saturated carbocycles. The molecular formula is C17H30O. The Morgan fingerprint density at radius 1 is 0.889 bits per heavy atom. The molecule has 1 heteroatoms. The third-order valence-corrected chi connectivity index (χ3v) is 5.53. The van der Waals surface area contributed by atoms with Crippen LogP contribution in [0.5, 0.6) is 0 Å². The lowest BCUT2D eigenvalue weighted by Gasteiger charge is -2.47. The number of rotatable bonds is 6. The Kier molecular flexibility index (Phi) is 3.90. The summed E-state index contributed by atoms with van der Waals surface area (Å²) >= 11 is 0. The van der Waals surface area contributed by atoms with Crippen molar-refractivity contribution in [1.82, 2.24) is 0 Å². The second-order valence-electron chi connectivity index (χ2n) is 7.88. The van der Waals surface area contributed by atoms with Crippen LogP contribution in [0.25, 0.3) is 0 Å². The van der Waals surface area contributed by atoms with E-state index in [2.05, 4.69) is 27.7 Å². The van der Waals surface area contributed by atoms with Crippen molar-refractivity contribution in [2.75, 3.05) is 0 Å². The lowest BCUT2D eigenvalue weighted by Crippen LogP contribution is -2.39. The van der Waals surface area contributed by atoms with E-state index in [0.29, 0.717) is 16.6 Å². The molecule has 0 heterocycles. The van der Waals surface area contributed by atoms with Gasteiger partial charge in [-0.15, -0.1) is 0 Å². The van der Waals surface area contributed by atoms with Crippen LogP contribution in [-0.4, -0.2) is 5.78 Å². The summed E-state index contributed by atoms with van der Waals surface area (Å²) in [5.74, 6) is 2.32. The number of Topliss-reactive ketones (excluding diaryl/α,β-unsaturated/α-hetero) is 1. The highest BCUT2D eigenvalue weighted by Crippen LogP contribution is 2.52. The maximum absolute atomic E-state index is 12.2. The van der Waals surface area contributed by atoms with E-state index in [4.69, 9.17) is 0 Å². The van der Waals surface area contributed by atoms with E-state index in [1.165, 1.54) is 38.5 Å². The summed E-state index contributed by atoms with van der Waals surface area (Å²) in [5, 5.41) is 0. The molecule has 2 fully saturated rings. The molecule has 0 aromatic carbocycles. The normalized spacial score (nSPS) is 43.1. The highest BCUT2D eigenvalue weighted by molar-refractivity contribution is 5.80. The Bertz CT molecular complexity index is 276. The van der Waals surface area contributed by atoms with Crippen LogP contribution in [0.1, 0.15) is 79.1 Å². The van der Waals surface area contributed by atoms with Crippen molar-refractivity contribution in [2.24, 2.45) is 22.7 Å². The average Bonchev–Trinajstić information content (AvgIpc) is 2.21. The molecule has 18 heavy (non-hydrogen) atoms. The van der Waals surface area contributed by atoms with E-state index in [9.17, 15) is 4.79 Å². The first-order valence-corrected chi connectivity index (χ1v) is 7.90. The van der Waals surface area contributed by atoms with Gasteiger partial charge < -0.3 is 0 Å². The summed E-state index contributed by atoms with van der Waals surface area (Å²) in [6.07, 6.45) is 9.39. The van der Waals surface area contributed by atoms with Gasteiger partial charge in [-0.2, -0.15) is 0 Å². The zero-order valence-electron chi connectivity index (χ0n) is 12.7. The van der Waals surface area contributed by atoms with E-state index >= 15 is 0 Å². The monoisotopic (exact) mass is 250 g/mol. The molecule has 1 nitrogen and oxygen atoms in total. The number of carbonyl (C=O) groups excluding carboxylic acids is 1. The van der Waals surface area contributed by atoms with Gasteiger partial charge in [0.05, 0.1) is 0 Å². The van der Waals surface area contributed by atoms with Gasteiger partial charge in [0, 0.05) is 12.8 Å². The summed E-state index contributed by atoms with van der Waals surface area (Å²) in [6.45, 7) is 9.17. The van der Waals surface area contributed by atoms with Gasteiger partial charge in [0.1, 0.15) is 5.78 Å². The lowest BCUT2D eigenvalue weighted by atomic mass is 9.57. The fraction of sp³-hybridized carbons (Fsp3) is 0.941. The summed E-state index contributed by atoms with van der Waals surface area (Å²) in [5.41, 5.74) is 0.698. The van der Waals surface area contributed by atoms with Crippen LogP contribution >= 0.6 is 0 Å². The molecule has 2 aliphatic rings. The van der Waals surface area contributed by atoms with Crippen molar-refractivity contribution in [3.63, 3.8) is 0 Å². The third kappa shape index (κ3) is 2.97. The molecule has 0 spiro atoms. The quantitative estimate of drug-likeness (QED) is 0.649. The van der Waals surface area contributed by atoms with Crippen LogP contribution in [0.3, 0.4) is 0 Å². The van der Waals surface area contributed by atoms with Crippen LogP contribution in [0.2, 0.25) is 0 Å². The van der Waals surface area contributed by atoms with Crippen molar-refractivity contribution < 1.29 is 4.79 Å². The van der Waals surface area contributed by atoms with Gasteiger partial charge in [0.2, 0.25) is 0 Å². The molecule has 0 radical (unpaired) electrons. The van der Waals surface area contributed by atoms with Gasteiger partial charge in [-0.25, -0.2) is 0 Å². The second kappa shape index (κ2) is 4.98. The molecule has 0 atom stereocenters. The first-order chi connectivity index (χ1) is 8.38. The van der Waals surface area contributed by atoms with Gasteiger partial charge in [-0.3, -0.25) is 4.79 Å². The largest absolute Gasteiger partial charge is 0.300 e. The maximum Gasteiger partial charge on any atom is 0.133 e. The van der Waals surface area contributed by atoms with Gasteiger partial charge in [0.25, 0.3) is 0 Å². The highest BCUT2D eigenvalue weighted by Gasteiger charge is 2.44. The van der Waals surface area contributed by atoms with Gasteiger partial charge >= 0.3 is 0 Å². The Morgan fingerprint density at radius 3 is 1.50 bits per heavy atom. The number of hydrogen-bond acceptors (Lipinski definition) is 1. The molecule has 104 valence electrons. The minimum atomic E-state index is 0.349. The number of carbonyl (C=O) groups is 1. The molecule has 2 rings (SSSR count). The lowest BCUT2D eigenvalue weighted by molar-refractivity contribution is -0.127. The topological polar surface area (TPSA) is 17.1 Å². The molecule has 2 aliphatic carbocycles. The summed E-state index contributed by atoms with van der Waals surface area (Å²) < 4.78 is 0. The van der Waals surface area contributed by atoms with Crippen LogP contribution in [-0.2, 0) is 4.79 Å². The Labute approximate surface area is 113 Å². The Hall–Kier alpha value is -0.330. The summed E-state index contributed by atoms with van der Waals surface area (Å²) in [6, 6.07) is 0. The van der Waals surface area contributed by atoms with Crippen molar-refractivity contribution >= 4 is 5.78 Å². The van der Waals surface area contributed by atoms with Gasteiger partial charge in [-0.05, 0) is 48.3 Å². The Morgan fingerprint density at radius 2 is 1.22 bits per heavy atom. The molecule has 0 N–H and O–H groups in total. The van der Waals surface area contributed by atoms with Gasteiger partial charge in [-0.1, -0.05) is 40.5 Å². The van der Waals surface area contributed by atoms with Crippen molar-refractivity contribution in [3.05, 3.63) is 0 Å². The standard InChI is InChI=1S/C17H30O/c1-5-13-7-16(3,8-13)11-15(18)12-17(4)9-14(6-2)10-17/h13-14H,5-12H2,1-4H3. The Balaban J connectivity index is 1.73. The number of hydrogen-bond donors (Lipinski definition) is 0. The average molecular weight is 250 g/mol. The fourth-order valence-corrected chi connectivity index (χ4v) is 4.55. The minimum Gasteiger partial charge on any atom is -0.300 e. The predicted octanol–water partition coefficient (Wildman–Crippen LogP) is 4.99. The zero-order chi connectivity index (χ0) is 13.4. The molecule has 0 aromatic heterocycles. The van der Waals surface area contributed by atoms with E-state index in [1.807, 2.05) is 0 Å². The van der Waals surface area contributed by atoms with Gasteiger partial charge in [0.15, 0.2) is 0 Å². The third-order valence-electron chi connectivity index (χ3n) is 5.53. The van der Waals surface area contributed by atoms with Crippen LogP contribution in [0.4, 0.5) is 0 Å². The first kappa shape index (κ1) is 14.1. The SMILES string of the molecule is CCC1CC(C)(CC(=O)CC2(C)CC(CC)C2)C1. The van der Waals surface area contributed by atoms with E-state index < -0.39 is 0 Å². The van der Waals surface area contributed by atoms with Crippen molar-refractivity contribution in [1.29, 1.82) is 0 Å². The van der Waals surface area contributed by atoms with Crippen LogP contribution in [0.15, 0.2) is 0 Å².